The fraction of sp³-hybridized carbons (Fsp3) is 0. The minimum absolute atomic E-state index is 0. The molecule has 0 aromatic rings. The molecule has 8 N–H and O–H groups in total. The van der Waals surface area contributed by atoms with Crippen LogP contribution in [0.1, 0.15) is 0 Å². The summed E-state index contributed by atoms with van der Waals surface area (Å²) in [5, 5.41) is 25.0. The van der Waals surface area contributed by atoms with Gasteiger partial charge in [-0.05, 0) is 0 Å². The first-order valence-electron chi connectivity index (χ1n) is 0.894. The van der Waals surface area contributed by atoms with E-state index in [-0.39, 0.29) is 7.43 Å². The van der Waals surface area contributed by atoms with Crippen molar-refractivity contribution in [3.8, 4) is 0 Å². The van der Waals surface area contributed by atoms with Crippen molar-refractivity contribution in [2.45, 2.75) is 0 Å². The molecule has 0 saturated carbocycles. The van der Waals surface area contributed by atoms with Crippen LogP contribution in [0.25, 0.3) is 23.6 Å². The van der Waals surface area contributed by atoms with Gasteiger partial charge in [-0.25, -0.2) is 0 Å². The Balaban J connectivity index is -0.00000000762. The van der Waals surface area contributed by atoms with Crippen molar-refractivity contribution in [1.82, 2.24) is 0 Å². The molecule has 0 aliphatic heterocycles. The minimum atomic E-state index is 0. The van der Waals surface area contributed by atoms with Gasteiger partial charge in [0, 0.05) is 0 Å². The molecular formula is CH8N4O4. The van der Waals surface area contributed by atoms with E-state index in [0.717, 1.165) is 0 Å². The number of hydrogen-bond donors (Lipinski definition) is 4. The Hall–Kier alpha value is -0.320. The Morgan fingerprint density at radius 3 is 0.444 bits per heavy atom. The molecule has 0 heterocycles. The van der Waals surface area contributed by atoms with Crippen molar-refractivity contribution in [3.63, 3.8) is 0 Å². The molecular weight excluding hydrogens is 132 g/mol. The van der Waals surface area contributed by atoms with E-state index in [1.165, 1.54) is 0 Å². The van der Waals surface area contributed by atoms with Crippen LogP contribution in [-0.2, 0) is 0 Å². The summed E-state index contributed by atoms with van der Waals surface area (Å²) in [7, 11) is 0. The SMILES string of the molecule is [C+4].[NH-]O.[NH-]O.[NH-]O.[NH-]O. The molecule has 8 nitrogen and oxygen atoms in total. The van der Waals surface area contributed by atoms with Gasteiger partial charge >= 0.3 is 7.43 Å². The number of rotatable bonds is 0. The summed E-state index contributed by atoms with van der Waals surface area (Å²) in [4.78, 5) is 0. The molecule has 0 spiro atoms. The zero-order valence-electron chi connectivity index (χ0n) is 4.29. The molecule has 0 unspecified atom stereocenters. The fourth-order valence-corrected chi connectivity index (χ4v) is 0. The molecule has 0 aliphatic rings. The van der Waals surface area contributed by atoms with Crippen LogP contribution < -0.4 is 0 Å². The van der Waals surface area contributed by atoms with Crippen molar-refractivity contribution in [1.29, 1.82) is 0 Å². The molecule has 8 heteroatoms. The normalized spacial score (nSPS) is 2.67. The molecule has 0 saturated heterocycles. The van der Waals surface area contributed by atoms with Crippen molar-refractivity contribution in [2.24, 2.45) is 0 Å². The van der Waals surface area contributed by atoms with Crippen LogP contribution in [0.5, 0.6) is 0 Å². The first kappa shape index (κ1) is 37.8. The summed E-state index contributed by atoms with van der Waals surface area (Å²) in [6, 6.07) is 0. The van der Waals surface area contributed by atoms with Gasteiger partial charge in [0.15, 0.2) is 0 Å². The molecule has 56 valence electrons. The third-order valence-electron chi connectivity index (χ3n) is 0. The van der Waals surface area contributed by atoms with Crippen molar-refractivity contribution in [3.05, 3.63) is 31.0 Å². The van der Waals surface area contributed by atoms with E-state index in [2.05, 4.69) is 0 Å². The minimum Gasteiger partial charge on any atom is -0.553 e. The Morgan fingerprint density at radius 1 is 0.444 bits per heavy atom. The van der Waals surface area contributed by atoms with Gasteiger partial charge in [-0.1, -0.05) is 0 Å². The maximum atomic E-state index is 6.25. The van der Waals surface area contributed by atoms with Gasteiger partial charge in [0.1, 0.15) is 0 Å². The monoisotopic (exact) mass is 140 g/mol. The van der Waals surface area contributed by atoms with Crippen LogP contribution >= 0.6 is 0 Å². The predicted octanol–water partition coefficient (Wildman–Crippen LogP) is 1.79. The van der Waals surface area contributed by atoms with Crippen LogP contribution in [-0.4, -0.2) is 20.8 Å². The predicted molar refractivity (Wildman–Crippen MR) is 27.7 cm³/mol. The average molecular weight is 140 g/mol. The van der Waals surface area contributed by atoms with Crippen molar-refractivity contribution < 1.29 is 20.8 Å². The average Bonchev–Trinajstić information content (AvgIpc) is 2.03. The quantitative estimate of drug-likeness (QED) is 0.375. The molecule has 0 amide bonds. The number of nitrogens with one attached hydrogen (secondary N) is 4. The van der Waals surface area contributed by atoms with Crippen LogP contribution in [0, 0.1) is 7.43 Å². The van der Waals surface area contributed by atoms with E-state index in [9.17, 15) is 0 Å². The maximum Gasteiger partial charge on any atom is 4.00 e. The smallest absolute Gasteiger partial charge is 0.553 e. The zero-order valence-corrected chi connectivity index (χ0v) is 4.29. The second-order valence-electron chi connectivity index (χ2n) is 0. The molecule has 0 aromatic heterocycles. The van der Waals surface area contributed by atoms with Gasteiger partial charge in [0.05, 0.1) is 0 Å². The van der Waals surface area contributed by atoms with E-state index in [4.69, 9.17) is 44.4 Å². The van der Waals surface area contributed by atoms with Gasteiger partial charge in [0.25, 0.3) is 0 Å². The Labute approximate surface area is 53.1 Å². The first-order valence-corrected chi connectivity index (χ1v) is 0.894. The van der Waals surface area contributed by atoms with Crippen LogP contribution in [0.15, 0.2) is 0 Å². The molecule has 0 radical (unpaired) electrons. The standard InChI is InChI=1S/C.4H2NO/c;4*1-2/h;4*1-2H/q+4;4*-1. The van der Waals surface area contributed by atoms with Crippen molar-refractivity contribution in [2.75, 3.05) is 0 Å². The van der Waals surface area contributed by atoms with Gasteiger partial charge < -0.3 is 44.4 Å². The largest absolute Gasteiger partial charge is 4.00 e. The second kappa shape index (κ2) is 3350. The summed E-state index contributed by atoms with van der Waals surface area (Å²) >= 11 is 0. The maximum absolute atomic E-state index is 6.25. The summed E-state index contributed by atoms with van der Waals surface area (Å²) in [6.45, 7) is 0. The van der Waals surface area contributed by atoms with E-state index < -0.39 is 0 Å². The third-order valence-corrected chi connectivity index (χ3v) is 0. The number of hydrogen-bond acceptors (Lipinski definition) is 4. The molecule has 0 aliphatic carbocycles. The van der Waals surface area contributed by atoms with Gasteiger partial charge in [-0.2, -0.15) is 0 Å². The van der Waals surface area contributed by atoms with E-state index >= 15 is 0 Å². The topological polar surface area (TPSA) is 176 Å². The molecule has 0 bridgehead atoms. The summed E-state index contributed by atoms with van der Waals surface area (Å²) < 4.78 is 0. The Kier molecular flexibility index (Phi) is 14100. The zero-order chi connectivity index (χ0) is 8.00. The molecule has 0 fully saturated rings. The molecule has 9 heavy (non-hydrogen) atoms. The van der Waals surface area contributed by atoms with Crippen molar-refractivity contribution >= 4 is 0 Å². The van der Waals surface area contributed by atoms with Crippen LogP contribution in [0.4, 0.5) is 0 Å². The Bertz CT molecular complexity index is 12.5. The summed E-state index contributed by atoms with van der Waals surface area (Å²) in [6.07, 6.45) is 0. The fourth-order valence-electron chi connectivity index (χ4n) is 0. The van der Waals surface area contributed by atoms with Gasteiger partial charge in [-0.3, -0.25) is 0 Å². The molecule has 0 atom stereocenters. The summed E-state index contributed by atoms with van der Waals surface area (Å²) in [5.41, 5.74) is 0. The van der Waals surface area contributed by atoms with Crippen LogP contribution in [0.2, 0.25) is 0 Å². The second-order valence-corrected chi connectivity index (χ2v) is 0. The summed E-state index contributed by atoms with van der Waals surface area (Å²) in [5.74, 6) is 19.0. The third kappa shape index (κ3) is 2420. The Morgan fingerprint density at radius 2 is 0.444 bits per heavy atom. The molecule has 0 aromatic carbocycles. The van der Waals surface area contributed by atoms with Crippen LogP contribution in [0.3, 0.4) is 0 Å². The van der Waals surface area contributed by atoms with E-state index in [0.29, 0.717) is 0 Å². The van der Waals surface area contributed by atoms with E-state index in [1.807, 2.05) is 0 Å². The molecule has 0 rings (SSSR count). The van der Waals surface area contributed by atoms with E-state index in [1.54, 1.807) is 0 Å². The van der Waals surface area contributed by atoms with Gasteiger partial charge in [0.2, 0.25) is 0 Å². The first-order chi connectivity index (χ1) is 4.00. The van der Waals surface area contributed by atoms with Gasteiger partial charge in [-0.15, -0.1) is 0 Å².